The number of rotatable bonds is 5. The lowest BCUT2D eigenvalue weighted by Gasteiger charge is -2.33. The van der Waals surface area contributed by atoms with E-state index in [4.69, 9.17) is 5.73 Å². The van der Waals surface area contributed by atoms with Gasteiger partial charge in [-0.25, -0.2) is 0 Å². The molecule has 1 aromatic heterocycles. The van der Waals surface area contributed by atoms with Gasteiger partial charge in [0.2, 0.25) is 5.91 Å². The van der Waals surface area contributed by atoms with Gasteiger partial charge in [-0.1, -0.05) is 12.1 Å². The number of anilines is 1. The van der Waals surface area contributed by atoms with Crippen LogP contribution in [0.3, 0.4) is 0 Å². The predicted molar refractivity (Wildman–Crippen MR) is 96.0 cm³/mol. The second kappa shape index (κ2) is 7.79. The number of aromatic nitrogens is 1. The molecule has 2 aromatic rings. The highest BCUT2D eigenvalue weighted by Crippen LogP contribution is 2.23. The Balaban J connectivity index is 1.57. The molecule has 1 aliphatic heterocycles. The Kier molecular flexibility index (Phi) is 5.28. The maximum Gasteiger partial charge on any atom is 0.253 e. The molecule has 25 heavy (non-hydrogen) atoms. The third-order valence-corrected chi connectivity index (χ3v) is 4.50. The number of hydrogen-bond acceptors (Lipinski definition) is 4. The molecule has 1 aromatic carbocycles. The van der Waals surface area contributed by atoms with E-state index in [1.54, 1.807) is 24.5 Å². The zero-order chi connectivity index (χ0) is 17.6. The molecule has 1 saturated heterocycles. The van der Waals surface area contributed by atoms with Crippen molar-refractivity contribution >= 4 is 17.5 Å². The third kappa shape index (κ3) is 4.35. The predicted octanol–water partition coefficient (Wildman–Crippen LogP) is 1.71. The van der Waals surface area contributed by atoms with Crippen molar-refractivity contribution in [2.45, 2.75) is 19.4 Å². The second-order valence-corrected chi connectivity index (χ2v) is 6.28. The van der Waals surface area contributed by atoms with Crippen LogP contribution in [-0.4, -0.2) is 29.9 Å². The summed E-state index contributed by atoms with van der Waals surface area (Å²) in [4.78, 5) is 29.6. The van der Waals surface area contributed by atoms with Crippen LogP contribution in [0.2, 0.25) is 0 Å². The fourth-order valence-electron chi connectivity index (χ4n) is 3.05. The minimum atomic E-state index is -0.223. The molecular weight excluding hydrogens is 316 g/mol. The number of primary amides is 1. The van der Waals surface area contributed by atoms with Crippen LogP contribution in [0.4, 0.5) is 5.69 Å². The van der Waals surface area contributed by atoms with Crippen molar-refractivity contribution in [1.82, 2.24) is 10.3 Å². The molecule has 6 nitrogen and oxygen atoms in total. The van der Waals surface area contributed by atoms with E-state index in [0.717, 1.165) is 30.6 Å². The van der Waals surface area contributed by atoms with Gasteiger partial charge in [0, 0.05) is 37.7 Å². The van der Waals surface area contributed by atoms with Crippen LogP contribution in [0.25, 0.3) is 0 Å². The number of nitrogens with two attached hydrogens (primary N) is 1. The fraction of sp³-hybridized carbons (Fsp3) is 0.316. The summed E-state index contributed by atoms with van der Waals surface area (Å²) in [6.07, 6.45) is 5.02. The maximum absolute atomic E-state index is 12.0. The molecule has 3 rings (SSSR count). The van der Waals surface area contributed by atoms with Gasteiger partial charge in [-0.3, -0.25) is 14.6 Å². The monoisotopic (exact) mass is 338 g/mol. The van der Waals surface area contributed by atoms with Crippen LogP contribution in [0.1, 0.15) is 28.8 Å². The summed E-state index contributed by atoms with van der Waals surface area (Å²) in [5, 5.41) is 2.88. The Morgan fingerprint density at radius 2 is 2.04 bits per heavy atom. The van der Waals surface area contributed by atoms with Crippen molar-refractivity contribution in [3.05, 3.63) is 59.9 Å². The largest absolute Gasteiger partial charge is 0.371 e. The van der Waals surface area contributed by atoms with Gasteiger partial charge >= 0.3 is 0 Å². The summed E-state index contributed by atoms with van der Waals surface area (Å²) in [5.41, 5.74) is 8.08. The molecule has 1 aliphatic rings. The van der Waals surface area contributed by atoms with Crippen molar-refractivity contribution in [2.24, 2.45) is 11.7 Å². The Bertz CT molecular complexity index is 731. The van der Waals surface area contributed by atoms with Gasteiger partial charge in [-0.05, 0) is 42.7 Å². The third-order valence-electron chi connectivity index (χ3n) is 4.50. The standard InChI is InChI=1S/C19H22N4O2/c20-18(24)16-4-2-10-23(13-16)17-7-5-14(6-8-17)11-22-19(25)15-3-1-9-21-12-15/h1,3,5-9,12,16H,2,4,10-11,13H2,(H2,20,24)(H,22,25)/t16-/m0/s1. The zero-order valence-electron chi connectivity index (χ0n) is 14.0. The van der Waals surface area contributed by atoms with E-state index in [2.05, 4.69) is 15.2 Å². The number of pyridine rings is 1. The van der Waals surface area contributed by atoms with Crippen LogP contribution in [0, 0.1) is 5.92 Å². The summed E-state index contributed by atoms with van der Waals surface area (Å²) in [5.74, 6) is -0.441. The van der Waals surface area contributed by atoms with Gasteiger partial charge in [0.25, 0.3) is 5.91 Å². The van der Waals surface area contributed by atoms with Crippen molar-refractivity contribution in [3.63, 3.8) is 0 Å². The normalized spacial score (nSPS) is 17.1. The molecule has 3 N–H and O–H groups in total. The maximum atomic E-state index is 12.0. The zero-order valence-corrected chi connectivity index (χ0v) is 14.0. The molecule has 0 unspecified atom stereocenters. The first kappa shape index (κ1) is 17.0. The second-order valence-electron chi connectivity index (χ2n) is 6.28. The Hall–Kier alpha value is -2.89. The molecular formula is C19H22N4O2. The topological polar surface area (TPSA) is 88.3 Å². The number of carbonyl (C=O) groups is 2. The molecule has 1 atom stereocenters. The van der Waals surface area contributed by atoms with E-state index in [0.29, 0.717) is 18.7 Å². The summed E-state index contributed by atoms with van der Waals surface area (Å²) in [7, 11) is 0. The summed E-state index contributed by atoms with van der Waals surface area (Å²) < 4.78 is 0. The van der Waals surface area contributed by atoms with Gasteiger partial charge in [0.1, 0.15) is 0 Å². The van der Waals surface area contributed by atoms with Crippen LogP contribution in [0.5, 0.6) is 0 Å². The van der Waals surface area contributed by atoms with Crippen LogP contribution in [-0.2, 0) is 11.3 Å². The SMILES string of the molecule is NC(=O)[C@H]1CCCN(c2ccc(CNC(=O)c3cccnc3)cc2)C1. The number of nitrogens with one attached hydrogen (secondary N) is 1. The number of amides is 2. The highest BCUT2D eigenvalue weighted by atomic mass is 16.2. The van der Waals surface area contributed by atoms with E-state index >= 15 is 0 Å². The number of nitrogens with zero attached hydrogens (tertiary/aromatic N) is 2. The highest BCUT2D eigenvalue weighted by molar-refractivity contribution is 5.93. The van der Waals surface area contributed by atoms with E-state index < -0.39 is 0 Å². The summed E-state index contributed by atoms with van der Waals surface area (Å²) >= 11 is 0. The minimum Gasteiger partial charge on any atom is -0.371 e. The molecule has 2 heterocycles. The first-order chi connectivity index (χ1) is 12.1. The quantitative estimate of drug-likeness (QED) is 0.869. The Labute approximate surface area is 147 Å². The molecule has 0 spiro atoms. The van der Waals surface area contributed by atoms with Gasteiger partial charge < -0.3 is 16.0 Å². The molecule has 0 saturated carbocycles. The van der Waals surface area contributed by atoms with E-state index in [1.165, 1.54) is 0 Å². The minimum absolute atomic E-state index is 0.0767. The molecule has 1 fully saturated rings. The van der Waals surface area contributed by atoms with E-state index in [-0.39, 0.29) is 17.7 Å². The average molecular weight is 338 g/mol. The Morgan fingerprint density at radius 1 is 1.24 bits per heavy atom. The smallest absolute Gasteiger partial charge is 0.253 e. The van der Waals surface area contributed by atoms with Crippen molar-refractivity contribution < 1.29 is 9.59 Å². The summed E-state index contributed by atoms with van der Waals surface area (Å²) in [6, 6.07) is 11.5. The fourth-order valence-corrected chi connectivity index (χ4v) is 3.05. The molecule has 2 amide bonds. The van der Waals surface area contributed by atoms with Gasteiger partial charge in [-0.2, -0.15) is 0 Å². The average Bonchev–Trinajstić information content (AvgIpc) is 2.67. The number of benzene rings is 1. The van der Waals surface area contributed by atoms with Crippen molar-refractivity contribution in [3.8, 4) is 0 Å². The number of hydrogen-bond donors (Lipinski definition) is 2. The highest BCUT2D eigenvalue weighted by Gasteiger charge is 2.23. The van der Waals surface area contributed by atoms with Gasteiger partial charge in [0.05, 0.1) is 11.5 Å². The van der Waals surface area contributed by atoms with Crippen LogP contribution in [0.15, 0.2) is 48.8 Å². The first-order valence-corrected chi connectivity index (χ1v) is 8.45. The molecule has 0 bridgehead atoms. The van der Waals surface area contributed by atoms with E-state index in [9.17, 15) is 9.59 Å². The van der Waals surface area contributed by atoms with Crippen molar-refractivity contribution in [1.29, 1.82) is 0 Å². The number of carbonyl (C=O) groups excluding carboxylic acids is 2. The lowest BCUT2D eigenvalue weighted by Crippen LogP contribution is -2.41. The van der Waals surface area contributed by atoms with E-state index in [1.807, 2.05) is 24.3 Å². The molecule has 0 radical (unpaired) electrons. The van der Waals surface area contributed by atoms with Crippen LogP contribution >= 0.6 is 0 Å². The van der Waals surface area contributed by atoms with Crippen LogP contribution < -0.4 is 16.0 Å². The molecule has 130 valence electrons. The first-order valence-electron chi connectivity index (χ1n) is 8.45. The lowest BCUT2D eigenvalue weighted by molar-refractivity contribution is -0.122. The molecule has 6 heteroatoms. The van der Waals surface area contributed by atoms with Crippen molar-refractivity contribution in [2.75, 3.05) is 18.0 Å². The lowest BCUT2D eigenvalue weighted by atomic mass is 9.97. The number of piperidine rings is 1. The van der Waals surface area contributed by atoms with Gasteiger partial charge in [-0.15, -0.1) is 0 Å². The Morgan fingerprint density at radius 3 is 2.72 bits per heavy atom. The summed E-state index contributed by atoms with van der Waals surface area (Å²) in [6.45, 7) is 2.06. The van der Waals surface area contributed by atoms with Gasteiger partial charge in [0.15, 0.2) is 0 Å². The molecule has 0 aliphatic carbocycles.